The molecule has 0 aromatic heterocycles. The number of benzene rings is 1. The molecule has 25 heavy (non-hydrogen) atoms. The Morgan fingerprint density at radius 2 is 1.56 bits per heavy atom. The lowest BCUT2D eigenvalue weighted by atomic mass is 10.1. The average molecular weight is 352 g/mol. The smallest absolute Gasteiger partial charge is 0.407 e. The third-order valence-corrected chi connectivity index (χ3v) is 3.33. The molecule has 0 heterocycles. The maximum atomic E-state index is 11.8. The molecule has 1 rings (SSSR count). The fraction of sp³-hybridized carbons (Fsp3) is 0.556. The molecule has 140 valence electrons. The monoisotopic (exact) mass is 352 g/mol. The van der Waals surface area contributed by atoms with Gasteiger partial charge >= 0.3 is 12.2 Å². The summed E-state index contributed by atoms with van der Waals surface area (Å²) in [5.74, 6) is 0. The van der Waals surface area contributed by atoms with E-state index in [0.29, 0.717) is 0 Å². The van der Waals surface area contributed by atoms with Gasteiger partial charge in [-0.15, -0.1) is 0 Å². The Hall–Kier alpha value is -2.28. The summed E-state index contributed by atoms with van der Waals surface area (Å²) in [6.07, 6.45) is -2.27. The predicted octanol–water partition coefficient (Wildman–Crippen LogP) is 2.58. The van der Waals surface area contributed by atoms with Crippen molar-refractivity contribution in [3.05, 3.63) is 35.9 Å². The Morgan fingerprint density at radius 3 is 2.08 bits per heavy atom. The van der Waals surface area contributed by atoms with Gasteiger partial charge in [-0.3, -0.25) is 0 Å². The number of carbonyl (C=O) groups is 2. The molecule has 3 atom stereocenters. The second-order valence-electron chi connectivity index (χ2n) is 6.92. The first-order chi connectivity index (χ1) is 11.6. The fourth-order valence-corrected chi connectivity index (χ4v) is 2.05. The average Bonchev–Trinajstić information content (AvgIpc) is 2.51. The molecule has 1 aromatic carbocycles. The molecular weight excluding hydrogens is 324 g/mol. The van der Waals surface area contributed by atoms with Gasteiger partial charge in [-0.2, -0.15) is 0 Å². The van der Waals surface area contributed by atoms with Crippen LogP contribution in [0.1, 0.15) is 40.2 Å². The quantitative estimate of drug-likeness (QED) is 0.731. The summed E-state index contributed by atoms with van der Waals surface area (Å²) in [7, 11) is 0. The van der Waals surface area contributed by atoms with Crippen LogP contribution in [0.2, 0.25) is 0 Å². The largest absolute Gasteiger partial charge is 0.445 e. The van der Waals surface area contributed by atoms with Crippen LogP contribution in [0.25, 0.3) is 0 Å². The molecule has 0 spiro atoms. The van der Waals surface area contributed by atoms with E-state index in [2.05, 4.69) is 10.6 Å². The second-order valence-corrected chi connectivity index (χ2v) is 6.92. The zero-order valence-corrected chi connectivity index (χ0v) is 15.4. The number of ether oxygens (including phenoxy) is 2. The van der Waals surface area contributed by atoms with Crippen molar-refractivity contribution in [2.75, 3.05) is 0 Å². The van der Waals surface area contributed by atoms with Crippen molar-refractivity contribution in [1.29, 1.82) is 0 Å². The molecule has 0 bridgehead atoms. The second kappa shape index (κ2) is 9.27. The maximum Gasteiger partial charge on any atom is 0.407 e. The molecule has 0 unspecified atom stereocenters. The lowest BCUT2D eigenvalue weighted by Crippen LogP contribution is -2.52. The zero-order chi connectivity index (χ0) is 19.0. The molecule has 1 aromatic rings. The molecule has 0 fully saturated rings. The summed E-state index contributed by atoms with van der Waals surface area (Å²) in [6.45, 7) is 8.65. The van der Waals surface area contributed by atoms with Gasteiger partial charge in [-0.1, -0.05) is 30.3 Å². The zero-order valence-electron chi connectivity index (χ0n) is 15.4. The number of alkyl carbamates (subject to hydrolysis) is 2. The number of hydrogen-bond acceptors (Lipinski definition) is 5. The summed E-state index contributed by atoms with van der Waals surface area (Å²) >= 11 is 0. The van der Waals surface area contributed by atoms with E-state index in [4.69, 9.17) is 9.47 Å². The SMILES string of the molecule is C[C@H](NC(=O)OCc1ccccc1)[C@H](O)[C@@H](C)NC(=O)OC(C)(C)C. The van der Waals surface area contributed by atoms with Crippen LogP contribution in [0.15, 0.2) is 30.3 Å². The van der Waals surface area contributed by atoms with E-state index in [-0.39, 0.29) is 6.61 Å². The third-order valence-electron chi connectivity index (χ3n) is 3.33. The van der Waals surface area contributed by atoms with Gasteiger partial charge in [0, 0.05) is 0 Å². The first-order valence-corrected chi connectivity index (χ1v) is 8.23. The number of amides is 2. The van der Waals surface area contributed by atoms with Crippen LogP contribution in [0.5, 0.6) is 0 Å². The van der Waals surface area contributed by atoms with E-state index in [1.54, 1.807) is 34.6 Å². The summed E-state index contributed by atoms with van der Waals surface area (Å²) in [5.41, 5.74) is 0.241. The van der Waals surface area contributed by atoms with Crippen LogP contribution in [0.3, 0.4) is 0 Å². The van der Waals surface area contributed by atoms with Crippen LogP contribution < -0.4 is 10.6 Å². The Morgan fingerprint density at radius 1 is 1.04 bits per heavy atom. The van der Waals surface area contributed by atoms with Crippen LogP contribution >= 0.6 is 0 Å². The Kier molecular flexibility index (Phi) is 7.70. The van der Waals surface area contributed by atoms with Crippen molar-refractivity contribution in [2.45, 2.75) is 65.0 Å². The number of carbonyl (C=O) groups excluding carboxylic acids is 2. The van der Waals surface area contributed by atoms with E-state index in [1.165, 1.54) is 0 Å². The summed E-state index contributed by atoms with van der Waals surface area (Å²) in [4.78, 5) is 23.5. The number of aliphatic hydroxyl groups excluding tert-OH is 1. The molecule has 0 aliphatic rings. The standard InChI is InChI=1S/C18H28N2O5/c1-12(15(21)13(2)20-17(23)25-18(3,4)5)19-16(22)24-11-14-9-7-6-8-10-14/h6-10,12-13,15,21H,11H2,1-5H3,(H,19,22)(H,20,23)/t12-,13+,15-/m0/s1. The van der Waals surface area contributed by atoms with Gasteiger partial charge in [-0.25, -0.2) is 9.59 Å². The Bertz CT molecular complexity index is 556. The minimum Gasteiger partial charge on any atom is -0.445 e. The van der Waals surface area contributed by atoms with E-state index in [1.807, 2.05) is 30.3 Å². The van der Waals surface area contributed by atoms with E-state index in [9.17, 15) is 14.7 Å². The highest BCUT2D eigenvalue weighted by molar-refractivity contribution is 5.68. The molecule has 0 saturated carbocycles. The Balaban J connectivity index is 2.40. The van der Waals surface area contributed by atoms with E-state index in [0.717, 1.165) is 5.56 Å². The highest BCUT2D eigenvalue weighted by Crippen LogP contribution is 2.08. The van der Waals surface area contributed by atoms with E-state index >= 15 is 0 Å². The van der Waals surface area contributed by atoms with Crippen molar-refractivity contribution < 1.29 is 24.2 Å². The van der Waals surface area contributed by atoms with Crippen LogP contribution in [-0.4, -0.2) is 41.1 Å². The van der Waals surface area contributed by atoms with Crippen molar-refractivity contribution in [1.82, 2.24) is 10.6 Å². The first kappa shape index (κ1) is 20.8. The fourth-order valence-electron chi connectivity index (χ4n) is 2.05. The van der Waals surface area contributed by atoms with E-state index < -0.39 is 36.0 Å². The molecule has 0 saturated heterocycles. The van der Waals surface area contributed by atoms with Gasteiger partial charge in [-0.05, 0) is 40.2 Å². The highest BCUT2D eigenvalue weighted by atomic mass is 16.6. The van der Waals surface area contributed by atoms with Crippen molar-refractivity contribution >= 4 is 12.2 Å². The summed E-state index contributed by atoms with van der Waals surface area (Å²) in [5, 5.41) is 15.3. The van der Waals surface area contributed by atoms with Crippen LogP contribution in [0.4, 0.5) is 9.59 Å². The van der Waals surface area contributed by atoms with Gasteiger partial charge in [0.25, 0.3) is 0 Å². The molecular formula is C18H28N2O5. The summed E-state index contributed by atoms with van der Waals surface area (Å²) < 4.78 is 10.2. The van der Waals surface area contributed by atoms with Gasteiger partial charge in [0.05, 0.1) is 18.2 Å². The number of nitrogens with one attached hydrogen (secondary N) is 2. The Labute approximate surface area is 148 Å². The van der Waals surface area contributed by atoms with Gasteiger partial charge in [0.1, 0.15) is 12.2 Å². The predicted molar refractivity (Wildman–Crippen MR) is 94.1 cm³/mol. The number of hydrogen-bond donors (Lipinski definition) is 3. The van der Waals surface area contributed by atoms with Crippen LogP contribution in [0, 0.1) is 0 Å². The molecule has 2 amide bonds. The maximum absolute atomic E-state index is 11.8. The third kappa shape index (κ3) is 8.39. The molecule has 0 aliphatic carbocycles. The number of aliphatic hydroxyl groups is 1. The van der Waals surface area contributed by atoms with Crippen molar-refractivity contribution in [2.24, 2.45) is 0 Å². The van der Waals surface area contributed by atoms with Crippen molar-refractivity contribution in [3.63, 3.8) is 0 Å². The number of rotatable bonds is 6. The lowest BCUT2D eigenvalue weighted by molar-refractivity contribution is 0.0397. The van der Waals surface area contributed by atoms with Crippen LogP contribution in [-0.2, 0) is 16.1 Å². The van der Waals surface area contributed by atoms with Crippen molar-refractivity contribution in [3.8, 4) is 0 Å². The van der Waals surface area contributed by atoms with Gasteiger partial charge in [0.2, 0.25) is 0 Å². The lowest BCUT2D eigenvalue weighted by Gasteiger charge is -2.27. The normalized spacial score (nSPS) is 14.8. The molecule has 0 radical (unpaired) electrons. The highest BCUT2D eigenvalue weighted by Gasteiger charge is 2.26. The molecule has 7 heteroatoms. The minimum atomic E-state index is -1.00. The van der Waals surface area contributed by atoms with Gasteiger partial charge < -0.3 is 25.2 Å². The molecule has 0 aliphatic heterocycles. The topological polar surface area (TPSA) is 96.9 Å². The molecule has 7 nitrogen and oxygen atoms in total. The van der Waals surface area contributed by atoms with Gasteiger partial charge in [0.15, 0.2) is 0 Å². The summed E-state index contributed by atoms with van der Waals surface area (Å²) in [6, 6.07) is 8.05. The molecule has 3 N–H and O–H groups in total. The minimum absolute atomic E-state index is 0.140. The first-order valence-electron chi connectivity index (χ1n) is 8.23.